The van der Waals surface area contributed by atoms with Gasteiger partial charge < -0.3 is 5.32 Å². The lowest BCUT2D eigenvalue weighted by molar-refractivity contribution is -0.200. The molecular formula is C20H18F3N3O3. The van der Waals surface area contributed by atoms with Crippen LogP contribution in [0, 0.1) is 6.92 Å². The van der Waals surface area contributed by atoms with Crippen molar-refractivity contribution in [2.45, 2.75) is 25.2 Å². The Kier molecular flexibility index (Phi) is 5.32. The summed E-state index contributed by atoms with van der Waals surface area (Å²) in [4.78, 5) is 37.7. The van der Waals surface area contributed by atoms with E-state index in [1.165, 1.54) is 18.2 Å². The van der Waals surface area contributed by atoms with E-state index in [9.17, 15) is 27.6 Å². The molecule has 1 atom stereocenters. The first-order valence-electron chi connectivity index (χ1n) is 8.78. The van der Waals surface area contributed by atoms with Gasteiger partial charge in [-0.2, -0.15) is 13.2 Å². The van der Waals surface area contributed by atoms with Crippen molar-refractivity contribution in [3.63, 3.8) is 0 Å². The number of hydrogen-bond acceptors (Lipinski definition) is 3. The summed E-state index contributed by atoms with van der Waals surface area (Å²) in [5.41, 5.74) is -2.16. The topological polar surface area (TPSA) is 78.5 Å². The summed E-state index contributed by atoms with van der Waals surface area (Å²) in [6.07, 6.45) is -5.06. The minimum atomic E-state index is -5.24. The Hall–Kier alpha value is -3.36. The zero-order chi connectivity index (χ0) is 21.2. The van der Waals surface area contributed by atoms with Crippen molar-refractivity contribution in [2.24, 2.45) is 0 Å². The van der Waals surface area contributed by atoms with Crippen molar-refractivity contribution in [2.75, 3.05) is 6.54 Å². The Morgan fingerprint density at radius 1 is 1.10 bits per heavy atom. The van der Waals surface area contributed by atoms with Crippen LogP contribution in [0.5, 0.6) is 0 Å². The molecule has 0 bridgehead atoms. The minimum absolute atomic E-state index is 0.0570. The largest absolute Gasteiger partial charge is 0.440 e. The molecule has 0 aromatic heterocycles. The van der Waals surface area contributed by atoms with E-state index in [-0.39, 0.29) is 18.5 Å². The fourth-order valence-corrected chi connectivity index (χ4v) is 3.04. The number of alkyl halides is 3. The van der Waals surface area contributed by atoms with Gasteiger partial charge in [-0.25, -0.2) is 4.79 Å². The molecule has 1 aliphatic rings. The summed E-state index contributed by atoms with van der Waals surface area (Å²) in [6.45, 7) is 1.41. The van der Waals surface area contributed by atoms with E-state index in [1.54, 1.807) is 54.0 Å². The number of carbonyl (C=O) groups is 3. The monoisotopic (exact) mass is 405 g/mol. The standard InChI is InChI=1S/C20H18F3N3O3/c1-13-6-5-9-15(12-13)16(27)24-19(20(21,22)23)17(28)26(18(29)25-19)11-10-14-7-3-2-4-8-14/h2-9,12H,10-11H2,1H3,(H,24,27)(H,25,29)/t19-/m0/s1. The SMILES string of the molecule is Cc1cccc(C(=O)N[C@]2(C(F)(F)F)NC(=O)N(CCc3ccccc3)C2=O)c1. The van der Waals surface area contributed by atoms with Crippen LogP contribution < -0.4 is 10.6 Å². The highest BCUT2D eigenvalue weighted by Gasteiger charge is 2.68. The fraction of sp³-hybridized carbons (Fsp3) is 0.250. The van der Waals surface area contributed by atoms with Gasteiger partial charge in [0.1, 0.15) is 0 Å². The van der Waals surface area contributed by atoms with Crippen LogP contribution in [-0.4, -0.2) is 41.1 Å². The van der Waals surface area contributed by atoms with Gasteiger partial charge in [-0.05, 0) is 31.0 Å². The number of imide groups is 1. The summed E-state index contributed by atoms with van der Waals surface area (Å²) >= 11 is 0. The highest BCUT2D eigenvalue weighted by Crippen LogP contribution is 2.34. The van der Waals surface area contributed by atoms with Crippen molar-refractivity contribution < 1.29 is 27.6 Å². The third kappa shape index (κ3) is 3.94. The molecule has 2 aromatic carbocycles. The van der Waals surface area contributed by atoms with Gasteiger partial charge >= 0.3 is 12.2 Å². The van der Waals surface area contributed by atoms with E-state index in [0.717, 1.165) is 5.56 Å². The van der Waals surface area contributed by atoms with Crippen LogP contribution in [0.15, 0.2) is 54.6 Å². The smallest absolute Gasteiger partial charge is 0.314 e. The van der Waals surface area contributed by atoms with Crippen molar-refractivity contribution in [3.05, 3.63) is 71.3 Å². The van der Waals surface area contributed by atoms with Gasteiger partial charge in [0.25, 0.3) is 17.5 Å². The fourth-order valence-electron chi connectivity index (χ4n) is 3.04. The molecule has 1 aliphatic heterocycles. The molecule has 9 heteroatoms. The first-order chi connectivity index (χ1) is 13.6. The number of hydrogen-bond donors (Lipinski definition) is 2. The molecule has 1 fully saturated rings. The van der Waals surface area contributed by atoms with Gasteiger partial charge in [0, 0.05) is 12.1 Å². The van der Waals surface area contributed by atoms with Crippen LogP contribution in [-0.2, 0) is 11.2 Å². The van der Waals surface area contributed by atoms with Crippen LogP contribution >= 0.6 is 0 Å². The molecule has 0 radical (unpaired) electrons. The van der Waals surface area contributed by atoms with Crippen molar-refractivity contribution >= 4 is 17.8 Å². The van der Waals surface area contributed by atoms with Crippen LogP contribution in [0.1, 0.15) is 21.5 Å². The first kappa shape index (κ1) is 20.4. The molecule has 3 rings (SSSR count). The average Bonchev–Trinajstić information content (AvgIpc) is 2.91. The van der Waals surface area contributed by atoms with Crippen molar-refractivity contribution in [1.29, 1.82) is 0 Å². The summed E-state index contributed by atoms with van der Waals surface area (Å²) in [7, 11) is 0. The summed E-state index contributed by atoms with van der Waals surface area (Å²) < 4.78 is 41.6. The highest BCUT2D eigenvalue weighted by atomic mass is 19.4. The Bertz CT molecular complexity index is 947. The minimum Gasteiger partial charge on any atom is -0.314 e. The summed E-state index contributed by atoms with van der Waals surface area (Å²) in [6, 6.07) is 13.4. The van der Waals surface area contributed by atoms with E-state index in [0.29, 0.717) is 10.5 Å². The normalized spacial score (nSPS) is 19.2. The molecule has 0 spiro atoms. The van der Waals surface area contributed by atoms with Crippen LogP contribution in [0.2, 0.25) is 0 Å². The lowest BCUT2D eigenvalue weighted by atomic mass is 10.1. The van der Waals surface area contributed by atoms with E-state index in [4.69, 9.17) is 0 Å². The van der Waals surface area contributed by atoms with E-state index in [1.807, 2.05) is 0 Å². The Labute approximate surface area is 164 Å². The zero-order valence-electron chi connectivity index (χ0n) is 15.4. The van der Waals surface area contributed by atoms with Gasteiger partial charge in [0.05, 0.1) is 0 Å². The van der Waals surface area contributed by atoms with Crippen molar-refractivity contribution in [3.8, 4) is 0 Å². The maximum Gasteiger partial charge on any atom is 0.440 e. The number of halogens is 3. The molecule has 6 nitrogen and oxygen atoms in total. The van der Waals surface area contributed by atoms with Crippen molar-refractivity contribution in [1.82, 2.24) is 15.5 Å². The van der Waals surface area contributed by atoms with Gasteiger partial charge in [-0.3, -0.25) is 19.8 Å². The number of nitrogens with one attached hydrogen (secondary N) is 2. The third-order valence-electron chi connectivity index (χ3n) is 4.58. The second-order valence-electron chi connectivity index (χ2n) is 6.69. The molecule has 4 amide bonds. The molecule has 1 saturated heterocycles. The Morgan fingerprint density at radius 3 is 2.41 bits per heavy atom. The number of carbonyl (C=O) groups excluding carboxylic acids is 3. The molecule has 1 heterocycles. The van der Waals surface area contributed by atoms with Crippen LogP contribution in [0.4, 0.5) is 18.0 Å². The molecule has 0 unspecified atom stereocenters. The van der Waals surface area contributed by atoms with E-state index < -0.39 is 29.7 Å². The second-order valence-corrected chi connectivity index (χ2v) is 6.69. The van der Waals surface area contributed by atoms with Crippen LogP contribution in [0.25, 0.3) is 0 Å². The number of urea groups is 1. The molecule has 2 aromatic rings. The predicted octanol–water partition coefficient (Wildman–Crippen LogP) is 2.78. The highest BCUT2D eigenvalue weighted by molar-refractivity contribution is 6.10. The zero-order valence-corrected chi connectivity index (χ0v) is 15.4. The number of benzene rings is 2. The maximum absolute atomic E-state index is 13.9. The number of aryl methyl sites for hydroxylation is 1. The lowest BCUT2D eigenvalue weighted by Gasteiger charge is -2.30. The average molecular weight is 405 g/mol. The molecule has 152 valence electrons. The summed E-state index contributed by atoms with van der Waals surface area (Å²) in [5, 5.41) is 3.34. The summed E-state index contributed by atoms with van der Waals surface area (Å²) in [5.74, 6) is -2.68. The quantitative estimate of drug-likeness (QED) is 0.751. The van der Waals surface area contributed by atoms with E-state index in [2.05, 4.69) is 0 Å². The predicted molar refractivity (Wildman–Crippen MR) is 97.8 cm³/mol. The first-order valence-corrected chi connectivity index (χ1v) is 8.78. The number of nitrogens with zero attached hydrogens (tertiary/aromatic N) is 1. The van der Waals surface area contributed by atoms with E-state index >= 15 is 0 Å². The van der Waals surface area contributed by atoms with Crippen LogP contribution in [0.3, 0.4) is 0 Å². The third-order valence-corrected chi connectivity index (χ3v) is 4.58. The molecular weight excluding hydrogens is 387 g/mol. The Balaban J connectivity index is 1.85. The number of amides is 4. The molecule has 0 aliphatic carbocycles. The number of rotatable bonds is 5. The maximum atomic E-state index is 13.9. The lowest BCUT2D eigenvalue weighted by Crippen LogP contribution is -2.69. The Morgan fingerprint density at radius 2 is 1.79 bits per heavy atom. The van der Waals surface area contributed by atoms with Gasteiger partial charge in [-0.1, -0.05) is 48.0 Å². The van der Waals surface area contributed by atoms with Gasteiger partial charge in [0.15, 0.2) is 0 Å². The van der Waals surface area contributed by atoms with Gasteiger partial charge in [0.2, 0.25) is 0 Å². The molecule has 0 saturated carbocycles. The van der Waals surface area contributed by atoms with Gasteiger partial charge in [-0.15, -0.1) is 0 Å². The second kappa shape index (κ2) is 7.57. The molecule has 29 heavy (non-hydrogen) atoms. The molecule has 2 N–H and O–H groups in total.